The summed E-state index contributed by atoms with van der Waals surface area (Å²) in [4.78, 5) is 26.8. The summed E-state index contributed by atoms with van der Waals surface area (Å²) in [6.45, 7) is 5.12. The Kier molecular flexibility index (Phi) is 4.79. The highest BCUT2D eigenvalue weighted by atomic mass is 16.5. The number of nitrogens with zero attached hydrogens (tertiary/aromatic N) is 4. The van der Waals surface area contributed by atoms with Crippen LogP contribution in [-0.2, 0) is 16.1 Å². The number of hydrogen-bond acceptors (Lipinski definition) is 5. The van der Waals surface area contributed by atoms with E-state index < -0.39 is 6.09 Å². The van der Waals surface area contributed by atoms with Crippen molar-refractivity contribution in [1.29, 1.82) is 0 Å². The van der Waals surface area contributed by atoms with Gasteiger partial charge < -0.3 is 19.8 Å². The number of anilines is 2. The van der Waals surface area contributed by atoms with Gasteiger partial charge in [0.2, 0.25) is 5.91 Å². The average molecular weight is 400 g/mol. The Balaban J connectivity index is 1.67. The maximum absolute atomic E-state index is 12.1. The van der Waals surface area contributed by atoms with Gasteiger partial charge in [-0.3, -0.25) is 14.4 Å². The molecule has 2 aliphatic rings. The largest absolute Gasteiger partial charge is 0.465 e. The number of carbonyl (C=O) groups excluding carboxylic acids is 1. The zero-order chi connectivity index (χ0) is 20.8. The van der Waals surface area contributed by atoms with E-state index in [1.54, 1.807) is 27.9 Å². The molecule has 0 saturated carbocycles. The van der Waals surface area contributed by atoms with E-state index in [1.165, 1.54) is 11.8 Å². The van der Waals surface area contributed by atoms with Gasteiger partial charge in [-0.15, -0.1) is 0 Å². The fourth-order valence-corrected chi connectivity index (χ4v) is 4.03. The summed E-state index contributed by atoms with van der Waals surface area (Å²) < 4.78 is 7.00. The Morgan fingerprint density at radius 3 is 2.62 bits per heavy atom. The quantitative estimate of drug-likeness (QED) is 0.810. The van der Waals surface area contributed by atoms with Gasteiger partial charge in [0.05, 0.1) is 55.4 Å². The topological polar surface area (TPSA) is 108 Å². The first-order chi connectivity index (χ1) is 13.8. The first-order valence-corrected chi connectivity index (χ1v) is 9.49. The van der Waals surface area contributed by atoms with E-state index >= 15 is 0 Å². The second-order valence-corrected chi connectivity index (χ2v) is 7.91. The number of aliphatic hydroxyl groups excluding tert-OH is 1. The standard InChI is InChI=1S/C20H24N4O5/c1-13-7-23(19(27)28)18-5-15(3-4-17(18)24(13)14(2)26)16-6-21-22(8-16)9-20(10-25)11-29-12-20/h3-6,8,13,25H,7,9-12H2,1-2H3,(H,27,28)/t13-/m0/s1. The fraction of sp³-hybridized carbons (Fsp3) is 0.450. The van der Waals surface area contributed by atoms with Crippen LogP contribution in [0, 0.1) is 5.41 Å². The number of ether oxygens (including phenoxy) is 1. The summed E-state index contributed by atoms with van der Waals surface area (Å²) in [5, 5.41) is 23.6. The maximum atomic E-state index is 12.1. The molecule has 2 aliphatic heterocycles. The summed E-state index contributed by atoms with van der Waals surface area (Å²) in [6, 6.07) is 5.18. The van der Waals surface area contributed by atoms with Crippen molar-refractivity contribution >= 4 is 23.4 Å². The fourth-order valence-electron chi connectivity index (χ4n) is 4.03. The van der Waals surface area contributed by atoms with E-state index in [9.17, 15) is 19.8 Å². The Hall–Kier alpha value is -2.91. The van der Waals surface area contributed by atoms with Crippen molar-refractivity contribution in [2.24, 2.45) is 5.41 Å². The summed E-state index contributed by atoms with van der Waals surface area (Å²) >= 11 is 0. The zero-order valence-corrected chi connectivity index (χ0v) is 16.4. The molecule has 1 aromatic carbocycles. The molecule has 0 radical (unpaired) electrons. The molecule has 0 bridgehead atoms. The number of benzene rings is 1. The lowest BCUT2D eigenvalue weighted by Crippen LogP contribution is -2.51. The van der Waals surface area contributed by atoms with E-state index in [0.717, 1.165) is 11.1 Å². The van der Waals surface area contributed by atoms with Crippen LogP contribution >= 0.6 is 0 Å². The average Bonchev–Trinajstić information content (AvgIpc) is 3.11. The van der Waals surface area contributed by atoms with E-state index in [0.29, 0.717) is 31.1 Å². The smallest absolute Gasteiger partial charge is 0.411 e. The van der Waals surface area contributed by atoms with Crippen molar-refractivity contribution in [3.63, 3.8) is 0 Å². The predicted molar refractivity (Wildman–Crippen MR) is 106 cm³/mol. The third-order valence-electron chi connectivity index (χ3n) is 5.60. The molecular formula is C20H24N4O5. The van der Waals surface area contributed by atoms with Crippen molar-refractivity contribution < 1.29 is 24.5 Å². The van der Waals surface area contributed by atoms with Crippen molar-refractivity contribution in [1.82, 2.24) is 9.78 Å². The lowest BCUT2D eigenvalue weighted by Gasteiger charge is -2.39. The van der Waals surface area contributed by atoms with Gasteiger partial charge in [0.1, 0.15) is 0 Å². The summed E-state index contributed by atoms with van der Waals surface area (Å²) in [7, 11) is 0. The van der Waals surface area contributed by atoms with Gasteiger partial charge in [-0.1, -0.05) is 6.07 Å². The van der Waals surface area contributed by atoms with Crippen LogP contribution in [0.2, 0.25) is 0 Å². The minimum Gasteiger partial charge on any atom is -0.465 e. The predicted octanol–water partition coefficient (Wildman–Crippen LogP) is 1.80. The van der Waals surface area contributed by atoms with Crippen LogP contribution in [-0.4, -0.2) is 64.4 Å². The van der Waals surface area contributed by atoms with Crippen molar-refractivity contribution in [2.75, 3.05) is 36.2 Å². The van der Waals surface area contributed by atoms with Crippen LogP contribution in [0.15, 0.2) is 30.6 Å². The van der Waals surface area contributed by atoms with Crippen molar-refractivity contribution in [3.8, 4) is 11.1 Å². The van der Waals surface area contributed by atoms with Crippen LogP contribution < -0.4 is 9.80 Å². The zero-order valence-electron chi connectivity index (χ0n) is 16.4. The molecule has 0 unspecified atom stereocenters. The number of aromatic nitrogens is 2. The van der Waals surface area contributed by atoms with Gasteiger partial charge in [-0.05, 0) is 24.6 Å². The summed E-state index contributed by atoms with van der Waals surface area (Å²) in [6.07, 6.45) is 2.53. The first kappa shape index (κ1) is 19.4. The number of rotatable bonds is 4. The highest BCUT2D eigenvalue weighted by Crippen LogP contribution is 2.39. The third kappa shape index (κ3) is 3.36. The molecule has 1 aromatic heterocycles. The monoisotopic (exact) mass is 400 g/mol. The van der Waals surface area contributed by atoms with Crippen molar-refractivity contribution in [2.45, 2.75) is 26.4 Å². The van der Waals surface area contributed by atoms with E-state index in [4.69, 9.17) is 4.74 Å². The van der Waals surface area contributed by atoms with Crippen LogP contribution in [0.25, 0.3) is 11.1 Å². The van der Waals surface area contributed by atoms with E-state index in [-0.39, 0.29) is 30.5 Å². The summed E-state index contributed by atoms with van der Waals surface area (Å²) in [5.74, 6) is -0.124. The molecule has 2 N–H and O–H groups in total. The molecule has 1 fully saturated rings. The Morgan fingerprint density at radius 2 is 2.03 bits per heavy atom. The molecule has 9 nitrogen and oxygen atoms in total. The van der Waals surface area contributed by atoms with Gasteiger partial charge in [0, 0.05) is 25.2 Å². The van der Waals surface area contributed by atoms with Gasteiger partial charge in [0.15, 0.2) is 0 Å². The van der Waals surface area contributed by atoms with Crippen LogP contribution in [0.5, 0.6) is 0 Å². The Bertz CT molecular complexity index is 947. The number of carbonyl (C=O) groups is 2. The molecule has 154 valence electrons. The lowest BCUT2D eigenvalue weighted by atomic mass is 9.87. The molecular weight excluding hydrogens is 376 g/mol. The number of aliphatic hydroxyl groups is 1. The molecule has 2 aromatic rings. The molecule has 2 amide bonds. The van der Waals surface area contributed by atoms with Gasteiger partial charge in [-0.2, -0.15) is 5.10 Å². The third-order valence-corrected chi connectivity index (χ3v) is 5.60. The van der Waals surface area contributed by atoms with Crippen molar-refractivity contribution in [3.05, 3.63) is 30.6 Å². The van der Waals surface area contributed by atoms with Gasteiger partial charge in [0.25, 0.3) is 0 Å². The normalized spacial score (nSPS) is 20.2. The molecule has 29 heavy (non-hydrogen) atoms. The lowest BCUT2D eigenvalue weighted by molar-refractivity contribution is -0.146. The Morgan fingerprint density at radius 1 is 1.28 bits per heavy atom. The molecule has 4 rings (SSSR count). The van der Waals surface area contributed by atoms with Crippen LogP contribution in [0.3, 0.4) is 0 Å². The van der Waals surface area contributed by atoms with E-state index in [1.807, 2.05) is 19.2 Å². The first-order valence-electron chi connectivity index (χ1n) is 9.49. The SMILES string of the molecule is CC(=O)N1c2ccc(-c3cnn(CC4(CO)COC4)c3)cc2N(C(=O)O)C[C@@H]1C. The number of hydrogen-bond donors (Lipinski definition) is 2. The second-order valence-electron chi connectivity index (χ2n) is 7.91. The molecule has 0 aliphatic carbocycles. The molecule has 0 spiro atoms. The van der Waals surface area contributed by atoms with Crippen LogP contribution in [0.4, 0.5) is 16.2 Å². The highest BCUT2D eigenvalue weighted by molar-refractivity contribution is 6.02. The second kappa shape index (κ2) is 7.16. The summed E-state index contributed by atoms with van der Waals surface area (Å²) in [5.41, 5.74) is 2.41. The molecule has 9 heteroatoms. The minimum atomic E-state index is -1.05. The minimum absolute atomic E-state index is 0.0354. The van der Waals surface area contributed by atoms with E-state index in [2.05, 4.69) is 5.10 Å². The highest BCUT2D eigenvalue weighted by Gasteiger charge is 2.39. The number of amides is 2. The van der Waals surface area contributed by atoms with Gasteiger partial charge in [-0.25, -0.2) is 4.79 Å². The molecule has 3 heterocycles. The number of carboxylic acid groups (broad SMARTS) is 1. The van der Waals surface area contributed by atoms with Crippen LogP contribution in [0.1, 0.15) is 13.8 Å². The molecule has 1 saturated heterocycles. The Labute approximate surface area is 168 Å². The number of fused-ring (bicyclic) bond motifs is 1. The van der Waals surface area contributed by atoms with Gasteiger partial charge >= 0.3 is 6.09 Å². The molecule has 1 atom stereocenters. The maximum Gasteiger partial charge on any atom is 0.411 e.